The Morgan fingerprint density at radius 3 is 1.50 bits per heavy atom. The third-order valence-electron chi connectivity index (χ3n) is 7.18. The maximum atomic E-state index is 12.6. The fourth-order valence-corrected chi connectivity index (χ4v) is 4.84. The molecule has 44 heavy (non-hydrogen) atoms. The molecule has 0 amide bonds. The first-order valence-electron chi connectivity index (χ1n) is 14.4. The summed E-state index contributed by atoms with van der Waals surface area (Å²) in [5.74, 6) is 1.89. The van der Waals surface area contributed by atoms with Crippen molar-refractivity contribution in [2.24, 2.45) is 0 Å². The summed E-state index contributed by atoms with van der Waals surface area (Å²) in [5, 5.41) is 0. The molecule has 0 aromatic heterocycles. The average molecular weight is 617 g/mol. The van der Waals surface area contributed by atoms with Crippen LogP contribution in [-0.2, 0) is 14.3 Å². The Bertz CT molecular complexity index is 1210. The first-order chi connectivity index (χ1) is 21.4. The second-order valence-electron chi connectivity index (χ2n) is 9.90. The van der Waals surface area contributed by atoms with Crippen LogP contribution in [0.15, 0.2) is 30.3 Å². The molecule has 0 bridgehead atoms. The van der Waals surface area contributed by atoms with Crippen LogP contribution in [0.5, 0.6) is 34.5 Å². The summed E-state index contributed by atoms with van der Waals surface area (Å²) < 4.78 is 42.8. The zero-order valence-electron chi connectivity index (χ0n) is 26.5. The van der Waals surface area contributed by atoms with Gasteiger partial charge in [0.05, 0.1) is 61.4 Å². The smallest absolute Gasteiger partial charge is 0.338 e. The number of nitrogens with zero attached hydrogens (tertiary/aromatic N) is 2. The van der Waals surface area contributed by atoms with Gasteiger partial charge < -0.3 is 47.7 Å². The number of carbonyl (C=O) groups excluding carboxylic acids is 2. The van der Waals surface area contributed by atoms with Crippen LogP contribution in [0.1, 0.15) is 28.8 Å². The van der Waals surface area contributed by atoms with Gasteiger partial charge in [-0.05, 0) is 48.7 Å². The van der Waals surface area contributed by atoms with Crippen LogP contribution < -0.4 is 28.4 Å². The zero-order chi connectivity index (χ0) is 31.9. The lowest BCUT2D eigenvalue weighted by molar-refractivity contribution is -0.137. The van der Waals surface area contributed by atoms with E-state index in [1.165, 1.54) is 34.5 Å². The number of esters is 2. The summed E-state index contributed by atoms with van der Waals surface area (Å²) in [6.07, 6.45) is 4.53. The molecule has 1 heterocycles. The summed E-state index contributed by atoms with van der Waals surface area (Å²) in [6, 6.07) is 6.68. The zero-order valence-corrected chi connectivity index (χ0v) is 26.5. The van der Waals surface area contributed by atoms with Crippen LogP contribution in [0.4, 0.5) is 0 Å². The topological polar surface area (TPSA) is 114 Å². The van der Waals surface area contributed by atoms with Crippen molar-refractivity contribution < 1.29 is 47.5 Å². The average Bonchev–Trinajstić information content (AvgIpc) is 3.06. The molecule has 0 saturated carbocycles. The van der Waals surface area contributed by atoms with E-state index in [1.54, 1.807) is 44.6 Å². The third kappa shape index (κ3) is 9.68. The van der Waals surface area contributed by atoms with Gasteiger partial charge in [0, 0.05) is 45.3 Å². The van der Waals surface area contributed by atoms with Crippen LogP contribution >= 0.6 is 0 Å². The van der Waals surface area contributed by atoms with E-state index in [4.69, 9.17) is 37.9 Å². The van der Waals surface area contributed by atoms with Crippen molar-refractivity contribution in [3.05, 3.63) is 41.5 Å². The van der Waals surface area contributed by atoms with Crippen molar-refractivity contribution >= 4 is 18.0 Å². The maximum absolute atomic E-state index is 12.6. The van der Waals surface area contributed by atoms with E-state index >= 15 is 0 Å². The fourth-order valence-electron chi connectivity index (χ4n) is 4.84. The van der Waals surface area contributed by atoms with Gasteiger partial charge in [-0.3, -0.25) is 0 Å². The van der Waals surface area contributed by atoms with Crippen LogP contribution in [0, 0.1) is 0 Å². The van der Waals surface area contributed by atoms with E-state index in [0.717, 1.165) is 57.7 Å². The normalized spacial score (nSPS) is 13.8. The summed E-state index contributed by atoms with van der Waals surface area (Å²) in [7, 11) is 9.14. The molecule has 1 fully saturated rings. The molecule has 0 N–H and O–H groups in total. The van der Waals surface area contributed by atoms with Crippen LogP contribution in [0.3, 0.4) is 0 Å². The van der Waals surface area contributed by atoms with E-state index in [-0.39, 0.29) is 0 Å². The van der Waals surface area contributed by atoms with Gasteiger partial charge in [0.25, 0.3) is 0 Å². The molecule has 12 heteroatoms. The maximum Gasteiger partial charge on any atom is 0.338 e. The first kappa shape index (κ1) is 34.3. The fraction of sp³-hybridized carbons (Fsp3) is 0.500. The molecule has 0 radical (unpaired) electrons. The third-order valence-corrected chi connectivity index (χ3v) is 7.18. The highest BCUT2D eigenvalue weighted by Crippen LogP contribution is 2.39. The standard InChI is InChI=1S/C32H44N2O10/c1-37-25-19-23(20-26(38-2)30(25)41-5)9-10-29(35)43-17-7-11-33-13-15-34(16-14-33)12-8-18-44-32(36)24-21-27(39-3)31(42-6)28(22-24)40-4/h9-10,19-22H,7-8,11-18H2,1-6H3. The van der Waals surface area contributed by atoms with Crippen molar-refractivity contribution in [2.45, 2.75) is 12.8 Å². The van der Waals surface area contributed by atoms with E-state index in [1.807, 2.05) is 0 Å². The van der Waals surface area contributed by atoms with E-state index < -0.39 is 11.9 Å². The van der Waals surface area contributed by atoms with Crippen molar-refractivity contribution in [3.63, 3.8) is 0 Å². The van der Waals surface area contributed by atoms with Crippen LogP contribution in [-0.4, -0.2) is 117 Å². The molecule has 2 aromatic rings. The van der Waals surface area contributed by atoms with Crippen LogP contribution in [0.2, 0.25) is 0 Å². The quantitative estimate of drug-likeness (QED) is 0.147. The number of methoxy groups -OCH3 is 6. The summed E-state index contributed by atoms with van der Waals surface area (Å²) in [6.45, 7) is 6.07. The van der Waals surface area contributed by atoms with Gasteiger partial charge in [0.15, 0.2) is 23.0 Å². The lowest BCUT2D eigenvalue weighted by Crippen LogP contribution is -2.47. The Morgan fingerprint density at radius 2 is 1.07 bits per heavy atom. The highest BCUT2D eigenvalue weighted by molar-refractivity contribution is 5.91. The lowest BCUT2D eigenvalue weighted by atomic mass is 10.1. The number of carbonyl (C=O) groups is 2. The largest absolute Gasteiger partial charge is 0.493 e. The van der Waals surface area contributed by atoms with Crippen molar-refractivity contribution in [1.29, 1.82) is 0 Å². The number of benzene rings is 2. The van der Waals surface area contributed by atoms with Gasteiger partial charge in [-0.2, -0.15) is 0 Å². The van der Waals surface area contributed by atoms with Gasteiger partial charge in [-0.15, -0.1) is 0 Å². The number of ether oxygens (including phenoxy) is 8. The Balaban J connectivity index is 1.31. The number of hydrogen-bond donors (Lipinski definition) is 0. The summed E-state index contributed by atoms with van der Waals surface area (Å²) >= 11 is 0. The number of rotatable bonds is 17. The molecule has 1 aliphatic rings. The molecule has 0 unspecified atom stereocenters. The van der Waals surface area contributed by atoms with Crippen molar-refractivity contribution in [3.8, 4) is 34.5 Å². The second-order valence-corrected chi connectivity index (χ2v) is 9.90. The molecular formula is C32H44N2O10. The van der Waals surface area contributed by atoms with Crippen molar-refractivity contribution in [1.82, 2.24) is 9.80 Å². The van der Waals surface area contributed by atoms with Gasteiger partial charge in [0.2, 0.25) is 11.5 Å². The minimum Gasteiger partial charge on any atom is -0.493 e. The van der Waals surface area contributed by atoms with Crippen LogP contribution in [0.25, 0.3) is 6.08 Å². The van der Waals surface area contributed by atoms with E-state index in [2.05, 4.69) is 9.80 Å². The summed E-state index contributed by atoms with van der Waals surface area (Å²) in [5.41, 5.74) is 1.07. The monoisotopic (exact) mass is 616 g/mol. The minimum atomic E-state index is -0.438. The van der Waals surface area contributed by atoms with Gasteiger partial charge >= 0.3 is 11.9 Å². The Hall–Kier alpha value is -4.16. The molecule has 1 saturated heterocycles. The molecule has 2 aromatic carbocycles. The molecule has 1 aliphatic heterocycles. The van der Waals surface area contributed by atoms with Gasteiger partial charge in [-0.1, -0.05) is 0 Å². The predicted octanol–water partition coefficient (Wildman–Crippen LogP) is 3.55. The highest BCUT2D eigenvalue weighted by Gasteiger charge is 2.19. The van der Waals surface area contributed by atoms with Gasteiger partial charge in [-0.25, -0.2) is 9.59 Å². The molecule has 12 nitrogen and oxygen atoms in total. The minimum absolute atomic E-state index is 0.315. The molecule has 0 spiro atoms. The summed E-state index contributed by atoms with van der Waals surface area (Å²) in [4.78, 5) is 29.5. The van der Waals surface area contributed by atoms with Crippen molar-refractivity contribution in [2.75, 3.05) is 95.1 Å². The number of hydrogen-bond acceptors (Lipinski definition) is 12. The molecule has 0 aliphatic carbocycles. The Morgan fingerprint density at radius 1 is 0.636 bits per heavy atom. The molecule has 242 valence electrons. The molecule has 0 atom stereocenters. The Labute approximate surface area is 259 Å². The number of piperazine rings is 1. The SMILES string of the molecule is COc1cc(C=CC(=O)OCCCN2CCN(CCCOC(=O)c3cc(OC)c(OC)c(OC)c3)CC2)cc(OC)c1OC. The van der Waals surface area contributed by atoms with E-state index in [0.29, 0.717) is 53.3 Å². The highest BCUT2D eigenvalue weighted by atomic mass is 16.5. The second kappa shape index (κ2) is 17.8. The lowest BCUT2D eigenvalue weighted by Gasteiger charge is -2.34. The molecule has 3 rings (SSSR count). The molecular weight excluding hydrogens is 572 g/mol. The Kier molecular flexibility index (Phi) is 13.9. The first-order valence-corrected chi connectivity index (χ1v) is 14.4. The predicted molar refractivity (Wildman–Crippen MR) is 165 cm³/mol. The van der Waals surface area contributed by atoms with Gasteiger partial charge in [0.1, 0.15) is 0 Å². The van der Waals surface area contributed by atoms with E-state index in [9.17, 15) is 9.59 Å².